The van der Waals surface area contributed by atoms with Gasteiger partial charge < -0.3 is 9.26 Å². The van der Waals surface area contributed by atoms with Crippen molar-refractivity contribution >= 4 is 17.4 Å². The van der Waals surface area contributed by atoms with Crippen LogP contribution in [0.5, 0.6) is 5.75 Å². The normalized spacial score (nSPS) is 16.2. The van der Waals surface area contributed by atoms with Crippen LogP contribution in [0.3, 0.4) is 0 Å². The lowest BCUT2D eigenvalue weighted by molar-refractivity contribution is -0.120. The number of ketones is 1. The molecule has 110 valence electrons. The summed E-state index contributed by atoms with van der Waals surface area (Å²) >= 11 is 5.95. The molecule has 6 heteroatoms. The Bertz CT molecular complexity index is 659. The molecule has 1 aromatic carbocycles. The number of aromatic nitrogens is 2. The molecule has 5 nitrogen and oxygen atoms in total. The fourth-order valence-corrected chi connectivity index (χ4v) is 2.71. The molecule has 1 fully saturated rings. The van der Waals surface area contributed by atoms with E-state index >= 15 is 0 Å². The fraction of sp³-hybridized carbons (Fsp3) is 0.400. The molecule has 0 radical (unpaired) electrons. The van der Waals surface area contributed by atoms with Crippen LogP contribution in [0.25, 0.3) is 11.4 Å². The topological polar surface area (TPSA) is 65.2 Å². The Labute approximate surface area is 127 Å². The van der Waals surface area contributed by atoms with Gasteiger partial charge in [-0.05, 0) is 31.0 Å². The van der Waals surface area contributed by atoms with Crippen LogP contribution in [0.15, 0.2) is 22.7 Å². The van der Waals surface area contributed by atoms with Gasteiger partial charge in [0.05, 0.1) is 12.7 Å². The van der Waals surface area contributed by atoms with Crippen molar-refractivity contribution in [3.8, 4) is 17.1 Å². The van der Waals surface area contributed by atoms with E-state index in [9.17, 15) is 4.79 Å². The number of carbonyl (C=O) groups is 1. The summed E-state index contributed by atoms with van der Waals surface area (Å²) in [7, 11) is 1.57. The second-order valence-corrected chi connectivity index (χ2v) is 5.55. The highest BCUT2D eigenvalue weighted by Crippen LogP contribution is 2.34. The summed E-state index contributed by atoms with van der Waals surface area (Å²) in [5, 5.41) is 4.61. The SMILES string of the molecule is COc1cc(Cl)ccc1-c1noc(C2CCC(=O)CC2)n1. The zero-order chi connectivity index (χ0) is 14.8. The zero-order valence-corrected chi connectivity index (χ0v) is 12.4. The maximum atomic E-state index is 11.3. The van der Waals surface area contributed by atoms with E-state index in [1.54, 1.807) is 25.3 Å². The van der Waals surface area contributed by atoms with Gasteiger partial charge in [-0.15, -0.1) is 0 Å². The molecule has 0 spiro atoms. The minimum atomic E-state index is 0.169. The fourth-order valence-electron chi connectivity index (χ4n) is 2.55. The van der Waals surface area contributed by atoms with Gasteiger partial charge in [0.15, 0.2) is 0 Å². The Morgan fingerprint density at radius 1 is 1.33 bits per heavy atom. The van der Waals surface area contributed by atoms with Gasteiger partial charge in [-0.3, -0.25) is 4.79 Å². The Kier molecular flexibility index (Phi) is 3.92. The molecule has 1 aliphatic rings. The first kappa shape index (κ1) is 14.1. The van der Waals surface area contributed by atoms with Crippen LogP contribution < -0.4 is 4.74 Å². The molecule has 0 atom stereocenters. The third kappa shape index (κ3) is 2.93. The molecule has 0 aliphatic heterocycles. The van der Waals surface area contributed by atoms with Crippen LogP contribution in [-0.4, -0.2) is 23.0 Å². The van der Waals surface area contributed by atoms with E-state index in [4.69, 9.17) is 20.9 Å². The molecule has 3 rings (SSSR count). The number of Topliss-reactive ketones (excluding diaryl/α,β-unsaturated/α-hetero) is 1. The molecular weight excluding hydrogens is 292 g/mol. The Balaban J connectivity index is 1.86. The van der Waals surface area contributed by atoms with Gasteiger partial charge in [-0.2, -0.15) is 4.98 Å². The van der Waals surface area contributed by atoms with Crippen LogP contribution >= 0.6 is 11.6 Å². The van der Waals surface area contributed by atoms with Crippen molar-refractivity contribution in [1.29, 1.82) is 0 Å². The summed E-state index contributed by atoms with van der Waals surface area (Å²) in [6.07, 6.45) is 2.73. The maximum Gasteiger partial charge on any atom is 0.230 e. The summed E-state index contributed by atoms with van der Waals surface area (Å²) in [4.78, 5) is 15.7. The molecule has 1 aromatic heterocycles. The van der Waals surface area contributed by atoms with Crippen molar-refractivity contribution in [3.05, 3.63) is 29.1 Å². The van der Waals surface area contributed by atoms with E-state index in [2.05, 4.69) is 10.1 Å². The summed E-state index contributed by atoms with van der Waals surface area (Å²) in [6, 6.07) is 5.28. The number of nitrogens with zero attached hydrogens (tertiary/aromatic N) is 2. The maximum absolute atomic E-state index is 11.3. The average molecular weight is 307 g/mol. The first-order chi connectivity index (χ1) is 10.2. The van der Waals surface area contributed by atoms with Crippen LogP contribution in [0.2, 0.25) is 5.02 Å². The predicted octanol–water partition coefficient (Wildman–Crippen LogP) is 3.63. The monoisotopic (exact) mass is 306 g/mol. The molecule has 0 N–H and O–H groups in total. The Morgan fingerprint density at radius 2 is 2.10 bits per heavy atom. The molecular formula is C15H15ClN2O3. The lowest BCUT2D eigenvalue weighted by atomic mass is 9.88. The van der Waals surface area contributed by atoms with Gasteiger partial charge in [0.25, 0.3) is 0 Å². The number of halogens is 1. The quantitative estimate of drug-likeness (QED) is 0.866. The highest BCUT2D eigenvalue weighted by Gasteiger charge is 2.25. The van der Waals surface area contributed by atoms with Crippen LogP contribution in [0, 0.1) is 0 Å². The van der Waals surface area contributed by atoms with Crippen LogP contribution in [0.1, 0.15) is 37.5 Å². The van der Waals surface area contributed by atoms with Crippen LogP contribution in [0.4, 0.5) is 0 Å². The third-order valence-corrected chi connectivity index (χ3v) is 3.97. The summed E-state index contributed by atoms with van der Waals surface area (Å²) in [5.41, 5.74) is 0.740. The van der Waals surface area contributed by atoms with Crippen molar-refractivity contribution in [2.24, 2.45) is 0 Å². The zero-order valence-electron chi connectivity index (χ0n) is 11.6. The van der Waals surface area contributed by atoms with Gasteiger partial charge in [-0.25, -0.2) is 0 Å². The largest absolute Gasteiger partial charge is 0.496 e. The summed E-state index contributed by atoms with van der Waals surface area (Å²) in [5.74, 6) is 2.16. The smallest absolute Gasteiger partial charge is 0.230 e. The summed E-state index contributed by atoms with van der Waals surface area (Å²) < 4.78 is 10.7. The highest BCUT2D eigenvalue weighted by molar-refractivity contribution is 6.30. The molecule has 21 heavy (non-hydrogen) atoms. The minimum Gasteiger partial charge on any atom is -0.496 e. The van der Waals surface area contributed by atoms with E-state index in [0.29, 0.717) is 41.1 Å². The van der Waals surface area contributed by atoms with Gasteiger partial charge in [0.1, 0.15) is 11.5 Å². The second-order valence-electron chi connectivity index (χ2n) is 5.11. The first-order valence-corrected chi connectivity index (χ1v) is 7.24. The number of carbonyl (C=O) groups excluding carboxylic acids is 1. The lowest BCUT2D eigenvalue weighted by Crippen LogP contribution is -2.12. The van der Waals surface area contributed by atoms with Gasteiger partial charge >= 0.3 is 0 Å². The number of benzene rings is 1. The average Bonchev–Trinajstić information content (AvgIpc) is 2.97. The van der Waals surface area contributed by atoms with Gasteiger partial charge in [0, 0.05) is 23.8 Å². The van der Waals surface area contributed by atoms with Crippen molar-refractivity contribution in [1.82, 2.24) is 10.1 Å². The first-order valence-electron chi connectivity index (χ1n) is 6.86. The van der Waals surface area contributed by atoms with Crippen molar-refractivity contribution in [2.75, 3.05) is 7.11 Å². The third-order valence-electron chi connectivity index (χ3n) is 3.74. The van der Waals surface area contributed by atoms with Gasteiger partial charge in [-0.1, -0.05) is 16.8 Å². The minimum absolute atomic E-state index is 0.169. The second kappa shape index (κ2) is 5.85. The van der Waals surface area contributed by atoms with Gasteiger partial charge in [0.2, 0.25) is 11.7 Å². The van der Waals surface area contributed by atoms with Crippen molar-refractivity contribution in [3.63, 3.8) is 0 Å². The Hall–Kier alpha value is -1.88. The highest BCUT2D eigenvalue weighted by atomic mass is 35.5. The predicted molar refractivity (Wildman–Crippen MR) is 77.5 cm³/mol. The Morgan fingerprint density at radius 3 is 2.81 bits per heavy atom. The van der Waals surface area contributed by atoms with Crippen molar-refractivity contribution in [2.45, 2.75) is 31.6 Å². The molecule has 0 amide bonds. The lowest BCUT2D eigenvalue weighted by Gasteiger charge is -2.16. The molecule has 0 unspecified atom stereocenters. The number of hydrogen-bond donors (Lipinski definition) is 0. The molecule has 1 aliphatic carbocycles. The standard InChI is InChI=1S/C15H15ClN2O3/c1-20-13-8-10(16)4-7-12(13)14-17-15(21-18-14)9-2-5-11(19)6-3-9/h4,7-9H,2-3,5-6H2,1H3. The number of ether oxygens (including phenoxy) is 1. The summed E-state index contributed by atoms with van der Waals surface area (Å²) in [6.45, 7) is 0. The molecule has 1 heterocycles. The molecule has 1 saturated carbocycles. The van der Waals surface area contributed by atoms with E-state index in [0.717, 1.165) is 18.4 Å². The van der Waals surface area contributed by atoms with E-state index in [1.807, 2.05) is 0 Å². The van der Waals surface area contributed by atoms with Crippen molar-refractivity contribution < 1.29 is 14.1 Å². The number of rotatable bonds is 3. The van der Waals surface area contributed by atoms with E-state index < -0.39 is 0 Å². The number of hydrogen-bond acceptors (Lipinski definition) is 5. The van der Waals surface area contributed by atoms with E-state index in [1.165, 1.54) is 0 Å². The molecule has 0 bridgehead atoms. The number of methoxy groups -OCH3 is 1. The molecule has 2 aromatic rings. The molecule has 0 saturated heterocycles. The van der Waals surface area contributed by atoms with Crippen LogP contribution in [-0.2, 0) is 4.79 Å². The van der Waals surface area contributed by atoms with E-state index in [-0.39, 0.29) is 5.92 Å².